The Labute approximate surface area is 103 Å². The van der Waals surface area contributed by atoms with Crippen LogP contribution in [-0.2, 0) is 21.8 Å². The van der Waals surface area contributed by atoms with Crippen LogP contribution >= 0.6 is 11.6 Å². The number of ether oxygens (including phenoxy) is 1. The predicted molar refractivity (Wildman–Crippen MR) is 63.1 cm³/mol. The predicted octanol–water partition coefficient (Wildman–Crippen LogP) is 2.36. The summed E-state index contributed by atoms with van der Waals surface area (Å²) in [6, 6.07) is 3.21. The standard InChI is InChI=1S/C11H12ClNO4/c1-7-3-8(6-12)4-9(5-10(14)17-2)11(7)13(15)16/h3-4H,5-6H2,1-2H3. The number of nitrogens with zero attached hydrogens (tertiary/aromatic N) is 1. The molecule has 92 valence electrons. The molecule has 0 amide bonds. The quantitative estimate of drug-likeness (QED) is 0.359. The fraction of sp³-hybridized carbons (Fsp3) is 0.364. The maximum atomic E-state index is 11.2. The molecule has 0 spiro atoms. The van der Waals surface area contributed by atoms with E-state index >= 15 is 0 Å². The van der Waals surface area contributed by atoms with Crippen molar-refractivity contribution in [1.82, 2.24) is 0 Å². The van der Waals surface area contributed by atoms with Gasteiger partial charge in [0.1, 0.15) is 0 Å². The summed E-state index contributed by atoms with van der Waals surface area (Å²) in [5.74, 6) is -0.272. The molecule has 0 aliphatic rings. The van der Waals surface area contributed by atoms with Gasteiger partial charge < -0.3 is 4.74 Å². The molecule has 5 nitrogen and oxygen atoms in total. The lowest BCUT2D eigenvalue weighted by Gasteiger charge is -2.07. The molecule has 1 aromatic carbocycles. The maximum Gasteiger partial charge on any atom is 0.310 e. The van der Waals surface area contributed by atoms with Gasteiger partial charge in [0.15, 0.2) is 0 Å². The molecule has 0 aromatic heterocycles. The van der Waals surface area contributed by atoms with Crippen molar-refractivity contribution in [3.63, 3.8) is 0 Å². The van der Waals surface area contributed by atoms with Crippen LogP contribution in [0.4, 0.5) is 5.69 Å². The Morgan fingerprint density at radius 2 is 2.18 bits per heavy atom. The van der Waals surface area contributed by atoms with E-state index in [0.29, 0.717) is 11.1 Å². The van der Waals surface area contributed by atoms with Gasteiger partial charge in [-0.05, 0) is 24.6 Å². The van der Waals surface area contributed by atoms with Crippen molar-refractivity contribution < 1.29 is 14.5 Å². The Morgan fingerprint density at radius 1 is 1.53 bits per heavy atom. The molecule has 17 heavy (non-hydrogen) atoms. The van der Waals surface area contributed by atoms with Gasteiger partial charge in [-0.25, -0.2) is 0 Å². The van der Waals surface area contributed by atoms with Gasteiger partial charge in [0, 0.05) is 17.0 Å². The fourth-order valence-corrected chi connectivity index (χ4v) is 1.79. The molecule has 0 unspecified atom stereocenters. The second kappa shape index (κ2) is 5.63. The number of rotatable bonds is 4. The number of carbonyl (C=O) groups excluding carboxylic acids is 1. The van der Waals surface area contributed by atoms with E-state index in [1.165, 1.54) is 7.11 Å². The van der Waals surface area contributed by atoms with Gasteiger partial charge in [-0.15, -0.1) is 11.6 Å². The number of aryl methyl sites for hydroxylation is 1. The summed E-state index contributed by atoms with van der Waals surface area (Å²) in [6.45, 7) is 1.62. The molecule has 0 aliphatic heterocycles. The lowest BCUT2D eigenvalue weighted by molar-refractivity contribution is -0.386. The van der Waals surface area contributed by atoms with E-state index < -0.39 is 10.9 Å². The average Bonchev–Trinajstić information content (AvgIpc) is 2.27. The molecule has 0 aliphatic carbocycles. The topological polar surface area (TPSA) is 69.4 Å². The number of benzene rings is 1. The zero-order valence-corrected chi connectivity index (χ0v) is 10.3. The molecule has 1 aromatic rings. The molecule has 0 saturated carbocycles. The van der Waals surface area contributed by atoms with Gasteiger partial charge in [0.2, 0.25) is 0 Å². The molecular weight excluding hydrogens is 246 g/mol. The Bertz CT molecular complexity index is 459. The number of nitro benzene ring substituents is 1. The fourth-order valence-electron chi connectivity index (χ4n) is 1.63. The molecule has 1 rings (SSSR count). The summed E-state index contributed by atoms with van der Waals surface area (Å²) in [5.41, 5.74) is 1.52. The number of halogens is 1. The zero-order chi connectivity index (χ0) is 13.0. The van der Waals surface area contributed by atoms with Crippen molar-refractivity contribution in [1.29, 1.82) is 0 Å². The minimum atomic E-state index is -0.515. The highest BCUT2D eigenvalue weighted by Gasteiger charge is 2.20. The smallest absolute Gasteiger partial charge is 0.310 e. The van der Waals surface area contributed by atoms with Gasteiger partial charge in [0.05, 0.1) is 18.5 Å². The van der Waals surface area contributed by atoms with Crippen molar-refractivity contribution in [3.05, 3.63) is 38.9 Å². The van der Waals surface area contributed by atoms with E-state index in [4.69, 9.17) is 11.6 Å². The Kier molecular flexibility index (Phi) is 4.45. The average molecular weight is 258 g/mol. The van der Waals surface area contributed by atoms with Crippen LogP contribution in [-0.4, -0.2) is 18.0 Å². The summed E-state index contributed by atoms with van der Waals surface area (Å²) >= 11 is 5.69. The molecular formula is C11H12ClNO4. The number of methoxy groups -OCH3 is 1. The van der Waals surface area contributed by atoms with Gasteiger partial charge in [-0.1, -0.05) is 0 Å². The van der Waals surface area contributed by atoms with Gasteiger partial charge in [-0.2, -0.15) is 0 Å². The molecule has 0 saturated heterocycles. The third-order valence-corrected chi connectivity index (χ3v) is 2.65. The number of esters is 1. The first-order chi connectivity index (χ1) is 7.99. The summed E-state index contributed by atoms with van der Waals surface area (Å²) in [7, 11) is 1.24. The molecule has 0 N–H and O–H groups in total. The van der Waals surface area contributed by atoms with Crippen molar-refractivity contribution >= 4 is 23.3 Å². The first kappa shape index (κ1) is 13.4. The SMILES string of the molecule is COC(=O)Cc1cc(CCl)cc(C)c1[N+](=O)[O-]. The van der Waals surface area contributed by atoms with E-state index in [2.05, 4.69) is 4.74 Å². The number of alkyl halides is 1. The number of hydrogen-bond donors (Lipinski definition) is 0. The largest absolute Gasteiger partial charge is 0.469 e. The van der Waals surface area contributed by atoms with E-state index in [-0.39, 0.29) is 18.0 Å². The zero-order valence-electron chi connectivity index (χ0n) is 9.53. The normalized spacial score (nSPS) is 10.1. The first-order valence-electron chi connectivity index (χ1n) is 4.89. The molecule has 0 atom stereocenters. The first-order valence-corrected chi connectivity index (χ1v) is 5.42. The van der Waals surface area contributed by atoms with Crippen molar-refractivity contribution in [3.8, 4) is 0 Å². The molecule has 0 radical (unpaired) electrons. The van der Waals surface area contributed by atoms with Gasteiger partial charge in [0.25, 0.3) is 5.69 Å². The summed E-state index contributed by atoms with van der Waals surface area (Å²) in [5, 5.41) is 10.9. The minimum Gasteiger partial charge on any atom is -0.469 e. The van der Waals surface area contributed by atoms with Crippen molar-refractivity contribution in [2.45, 2.75) is 19.2 Å². The highest BCUT2D eigenvalue weighted by atomic mass is 35.5. The monoisotopic (exact) mass is 257 g/mol. The number of hydrogen-bond acceptors (Lipinski definition) is 4. The van der Waals surface area contributed by atoms with E-state index in [0.717, 1.165) is 5.56 Å². The second-order valence-electron chi connectivity index (χ2n) is 3.56. The van der Waals surface area contributed by atoms with Crippen molar-refractivity contribution in [2.75, 3.05) is 7.11 Å². The summed E-state index contributed by atoms with van der Waals surface area (Å²) in [6.07, 6.45) is -0.127. The third-order valence-electron chi connectivity index (χ3n) is 2.34. The molecule has 0 bridgehead atoms. The molecule has 0 fully saturated rings. The van der Waals surface area contributed by atoms with Crippen LogP contribution in [0.2, 0.25) is 0 Å². The second-order valence-corrected chi connectivity index (χ2v) is 3.83. The van der Waals surface area contributed by atoms with E-state index in [1.807, 2.05) is 0 Å². The van der Waals surface area contributed by atoms with Crippen LogP contribution in [0.15, 0.2) is 12.1 Å². The maximum absolute atomic E-state index is 11.2. The lowest BCUT2D eigenvalue weighted by Crippen LogP contribution is -2.08. The number of carbonyl (C=O) groups is 1. The highest BCUT2D eigenvalue weighted by molar-refractivity contribution is 6.17. The summed E-state index contributed by atoms with van der Waals surface area (Å²) in [4.78, 5) is 21.6. The lowest BCUT2D eigenvalue weighted by atomic mass is 10.0. The Morgan fingerprint density at radius 3 is 2.65 bits per heavy atom. The van der Waals surface area contributed by atoms with E-state index in [1.54, 1.807) is 19.1 Å². The summed E-state index contributed by atoms with van der Waals surface area (Å²) < 4.78 is 4.51. The van der Waals surface area contributed by atoms with E-state index in [9.17, 15) is 14.9 Å². The van der Waals surface area contributed by atoms with Crippen LogP contribution in [0.3, 0.4) is 0 Å². The molecule has 6 heteroatoms. The van der Waals surface area contributed by atoms with Crippen LogP contribution in [0.25, 0.3) is 0 Å². The van der Waals surface area contributed by atoms with Crippen LogP contribution < -0.4 is 0 Å². The van der Waals surface area contributed by atoms with Gasteiger partial charge >= 0.3 is 5.97 Å². The van der Waals surface area contributed by atoms with Crippen LogP contribution in [0.5, 0.6) is 0 Å². The Hall–Kier alpha value is -1.62. The highest BCUT2D eigenvalue weighted by Crippen LogP contribution is 2.26. The minimum absolute atomic E-state index is 0.0516. The Balaban J connectivity index is 3.27. The molecule has 0 heterocycles. The van der Waals surface area contributed by atoms with Crippen molar-refractivity contribution in [2.24, 2.45) is 0 Å². The van der Waals surface area contributed by atoms with Crippen LogP contribution in [0.1, 0.15) is 16.7 Å². The van der Waals surface area contributed by atoms with Crippen LogP contribution in [0, 0.1) is 17.0 Å². The van der Waals surface area contributed by atoms with Gasteiger partial charge in [-0.3, -0.25) is 14.9 Å². The number of nitro groups is 1. The third kappa shape index (κ3) is 3.17.